The molecular weight excluding hydrogens is 216 g/mol. The SMILES string of the molecule is C.CC1(C2(C)CCC3C=CC=CC3C2)CCCC1. The maximum atomic E-state index is 2.58. The van der Waals surface area contributed by atoms with Crippen LogP contribution in [0.1, 0.15) is 66.2 Å². The van der Waals surface area contributed by atoms with Crippen molar-refractivity contribution in [3.8, 4) is 0 Å². The number of rotatable bonds is 1. The summed E-state index contributed by atoms with van der Waals surface area (Å²) in [6.45, 7) is 5.16. The molecule has 0 N–H and O–H groups in total. The molecule has 3 aliphatic carbocycles. The van der Waals surface area contributed by atoms with Gasteiger partial charge in [-0.1, -0.05) is 58.4 Å². The van der Waals surface area contributed by atoms with Gasteiger partial charge in [-0.25, -0.2) is 0 Å². The molecule has 2 fully saturated rings. The van der Waals surface area contributed by atoms with Crippen LogP contribution in [0.4, 0.5) is 0 Å². The largest absolute Gasteiger partial charge is 0.0808 e. The highest BCUT2D eigenvalue weighted by molar-refractivity contribution is 5.17. The Morgan fingerprint density at radius 3 is 2.11 bits per heavy atom. The number of hydrogen-bond donors (Lipinski definition) is 0. The van der Waals surface area contributed by atoms with Crippen molar-refractivity contribution in [1.82, 2.24) is 0 Å². The Morgan fingerprint density at radius 1 is 0.833 bits per heavy atom. The summed E-state index contributed by atoms with van der Waals surface area (Å²) in [5, 5.41) is 0. The van der Waals surface area contributed by atoms with Gasteiger partial charge in [0.05, 0.1) is 0 Å². The standard InChI is InChI=1S/C17H26.CH4/c1-16(10-5-6-11-16)17(2)12-9-14-7-3-4-8-15(14)13-17;/h3-4,7-8,14-15H,5-6,9-13H2,1-2H3;1H4. The molecular formula is C18H30. The summed E-state index contributed by atoms with van der Waals surface area (Å²) in [6.07, 6.45) is 19.6. The molecule has 0 bridgehead atoms. The lowest BCUT2D eigenvalue weighted by Crippen LogP contribution is -2.41. The van der Waals surface area contributed by atoms with E-state index in [-0.39, 0.29) is 7.43 Å². The molecule has 3 rings (SSSR count). The van der Waals surface area contributed by atoms with E-state index in [0.717, 1.165) is 11.8 Å². The van der Waals surface area contributed by atoms with Crippen molar-refractivity contribution in [3.63, 3.8) is 0 Å². The maximum Gasteiger partial charge on any atom is -0.0162 e. The molecule has 0 saturated heterocycles. The molecule has 3 atom stereocenters. The van der Waals surface area contributed by atoms with E-state index in [1.54, 1.807) is 0 Å². The van der Waals surface area contributed by atoms with Gasteiger partial charge in [-0.2, -0.15) is 0 Å². The molecule has 2 saturated carbocycles. The molecule has 0 spiro atoms. The second kappa shape index (κ2) is 4.87. The Kier molecular flexibility index (Phi) is 3.76. The normalized spacial score (nSPS) is 41.2. The van der Waals surface area contributed by atoms with Crippen LogP contribution in [0, 0.1) is 22.7 Å². The predicted octanol–water partition coefficient (Wildman–Crippen LogP) is 5.75. The first-order valence-electron chi connectivity index (χ1n) is 7.48. The summed E-state index contributed by atoms with van der Waals surface area (Å²) in [6, 6.07) is 0. The second-order valence-electron chi connectivity index (χ2n) is 7.17. The smallest absolute Gasteiger partial charge is 0.0162 e. The molecule has 102 valence electrons. The summed E-state index contributed by atoms with van der Waals surface area (Å²) in [5.74, 6) is 1.68. The van der Waals surface area contributed by atoms with E-state index in [1.165, 1.54) is 44.9 Å². The van der Waals surface area contributed by atoms with Gasteiger partial charge in [-0.05, 0) is 54.8 Å². The molecule has 3 aliphatic rings. The Hall–Kier alpha value is -0.520. The average molecular weight is 246 g/mol. The van der Waals surface area contributed by atoms with E-state index in [4.69, 9.17) is 0 Å². The van der Waals surface area contributed by atoms with Gasteiger partial charge in [-0.3, -0.25) is 0 Å². The lowest BCUT2D eigenvalue weighted by molar-refractivity contribution is 0.00663. The van der Waals surface area contributed by atoms with E-state index in [1.807, 2.05) is 0 Å². The van der Waals surface area contributed by atoms with Crippen LogP contribution in [0.2, 0.25) is 0 Å². The van der Waals surface area contributed by atoms with E-state index < -0.39 is 0 Å². The third-order valence-electron chi connectivity index (χ3n) is 6.26. The van der Waals surface area contributed by atoms with E-state index in [9.17, 15) is 0 Å². The Labute approximate surface area is 114 Å². The Bertz CT molecular complexity index is 343. The van der Waals surface area contributed by atoms with Gasteiger partial charge < -0.3 is 0 Å². The first-order chi connectivity index (χ1) is 8.13. The fourth-order valence-corrected chi connectivity index (χ4v) is 4.64. The molecule has 0 aromatic rings. The van der Waals surface area contributed by atoms with Crippen molar-refractivity contribution >= 4 is 0 Å². The summed E-state index contributed by atoms with van der Waals surface area (Å²) < 4.78 is 0. The van der Waals surface area contributed by atoms with Gasteiger partial charge in [0.2, 0.25) is 0 Å². The minimum absolute atomic E-state index is 0. The molecule has 0 aromatic carbocycles. The molecule has 0 aromatic heterocycles. The minimum atomic E-state index is 0. The maximum absolute atomic E-state index is 2.58. The molecule has 0 heteroatoms. The van der Waals surface area contributed by atoms with Gasteiger partial charge in [-0.15, -0.1) is 0 Å². The van der Waals surface area contributed by atoms with Crippen LogP contribution in [0.25, 0.3) is 0 Å². The summed E-state index contributed by atoms with van der Waals surface area (Å²) >= 11 is 0. The highest BCUT2D eigenvalue weighted by Gasteiger charge is 2.49. The van der Waals surface area contributed by atoms with Crippen molar-refractivity contribution in [2.24, 2.45) is 22.7 Å². The van der Waals surface area contributed by atoms with E-state index in [2.05, 4.69) is 38.2 Å². The molecule has 18 heavy (non-hydrogen) atoms. The average Bonchev–Trinajstić information content (AvgIpc) is 2.78. The van der Waals surface area contributed by atoms with Crippen molar-refractivity contribution in [2.45, 2.75) is 66.2 Å². The quantitative estimate of drug-likeness (QED) is 0.552. The Balaban J connectivity index is 0.00000120. The molecule has 3 unspecified atom stereocenters. The van der Waals surface area contributed by atoms with Crippen LogP contribution < -0.4 is 0 Å². The van der Waals surface area contributed by atoms with Crippen LogP contribution >= 0.6 is 0 Å². The van der Waals surface area contributed by atoms with Crippen molar-refractivity contribution < 1.29 is 0 Å². The minimum Gasteiger partial charge on any atom is -0.0808 e. The molecule has 0 aliphatic heterocycles. The van der Waals surface area contributed by atoms with Gasteiger partial charge in [0.15, 0.2) is 0 Å². The van der Waals surface area contributed by atoms with Crippen LogP contribution in [0.5, 0.6) is 0 Å². The van der Waals surface area contributed by atoms with Crippen LogP contribution in [0.15, 0.2) is 24.3 Å². The third kappa shape index (κ3) is 2.08. The Morgan fingerprint density at radius 2 is 1.44 bits per heavy atom. The predicted molar refractivity (Wildman–Crippen MR) is 80.5 cm³/mol. The van der Waals surface area contributed by atoms with Crippen LogP contribution in [-0.4, -0.2) is 0 Å². The third-order valence-corrected chi connectivity index (χ3v) is 6.26. The van der Waals surface area contributed by atoms with Crippen LogP contribution in [-0.2, 0) is 0 Å². The molecule has 0 radical (unpaired) electrons. The van der Waals surface area contributed by atoms with Crippen molar-refractivity contribution in [1.29, 1.82) is 0 Å². The molecule has 0 heterocycles. The van der Waals surface area contributed by atoms with E-state index in [0.29, 0.717) is 10.8 Å². The fourth-order valence-electron chi connectivity index (χ4n) is 4.64. The molecule has 0 nitrogen and oxygen atoms in total. The van der Waals surface area contributed by atoms with Crippen molar-refractivity contribution in [3.05, 3.63) is 24.3 Å². The summed E-state index contributed by atoms with van der Waals surface area (Å²) in [7, 11) is 0. The zero-order valence-corrected chi connectivity index (χ0v) is 11.4. The lowest BCUT2D eigenvalue weighted by atomic mass is 9.54. The zero-order valence-electron chi connectivity index (χ0n) is 11.4. The topological polar surface area (TPSA) is 0 Å². The lowest BCUT2D eigenvalue weighted by Gasteiger charge is -2.51. The molecule has 0 amide bonds. The number of hydrogen-bond acceptors (Lipinski definition) is 0. The first-order valence-corrected chi connectivity index (χ1v) is 7.48. The zero-order chi connectivity index (χ0) is 11.9. The monoisotopic (exact) mass is 246 g/mol. The van der Waals surface area contributed by atoms with Gasteiger partial charge in [0, 0.05) is 0 Å². The van der Waals surface area contributed by atoms with Crippen LogP contribution in [0.3, 0.4) is 0 Å². The van der Waals surface area contributed by atoms with E-state index >= 15 is 0 Å². The second-order valence-corrected chi connectivity index (χ2v) is 7.17. The summed E-state index contributed by atoms with van der Waals surface area (Å²) in [4.78, 5) is 0. The fraction of sp³-hybridized carbons (Fsp3) is 0.778. The van der Waals surface area contributed by atoms with Gasteiger partial charge >= 0.3 is 0 Å². The number of fused-ring (bicyclic) bond motifs is 1. The summed E-state index contributed by atoms with van der Waals surface area (Å²) in [5.41, 5.74) is 1.23. The highest BCUT2D eigenvalue weighted by Crippen LogP contribution is 2.59. The number of allylic oxidation sites excluding steroid dienone is 4. The highest BCUT2D eigenvalue weighted by atomic mass is 14.5. The first kappa shape index (κ1) is 13.9. The van der Waals surface area contributed by atoms with Crippen molar-refractivity contribution in [2.75, 3.05) is 0 Å². The van der Waals surface area contributed by atoms with Gasteiger partial charge in [0.1, 0.15) is 0 Å². The van der Waals surface area contributed by atoms with Gasteiger partial charge in [0.25, 0.3) is 0 Å².